The molecule has 1 atom stereocenters. The van der Waals surface area contributed by atoms with Crippen LogP contribution < -0.4 is 20.5 Å². The van der Waals surface area contributed by atoms with Crippen LogP contribution in [-0.2, 0) is 9.53 Å². The summed E-state index contributed by atoms with van der Waals surface area (Å²) in [5.74, 6) is 0.197. The maximum absolute atomic E-state index is 12.4. The van der Waals surface area contributed by atoms with E-state index in [9.17, 15) is 9.59 Å². The first kappa shape index (κ1) is 16.6. The molecule has 0 aliphatic carbocycles. The maximum Gasteiger partial charge on any atom is 0.338 e. The van der Waals surface area contributed by atoms with Crippen LogP contribution in [-0.4, -0.2) is 24.8 Å². The molecule has 2 aromatic rings. The third-order valence-electron chi connectivity index (χ3n) is 3.70. The number of nitrogens with two attached hydrogens (primary N) is 1. The number of benzene rings is 2. The molecule has 1 aliphatic heterocycles. The van der Waals surface area contributed by atoms with Crippen molar-refractivity contribution in [3.05, 3.63) is 48.0 Å². The van der Waals surface area contributed by atoms with E-state index in [1.54, 1.807) is 49.4 Å². The van der Waals surface area contributed by atoms with E-state index >= 15 is 0 Å². The number of rotatable bonds is 5. The number of carbonyl (C=O) groups excluding carboxylic acids is 2. The van der Waals surface area contributed by atoms with E-state index in [-0.39, 0.29) is 6.79 Å². The van der Waals surface area contributed by atoms with Crippen molar-refractivity contribution in [1.29, 1.82) is 0 Å². The number of amides is 1. The number of nitrogen functional groups attached to an aromatic ring is 1. The highest BCUT2D eigenvalue weighted by Crippen LogP contribution is 2.34. The van der Waals surface area contributed by atoms with Crippen LogP contribution in [0.3, 0.4) is 0 Å². The molecule has 0 fully saturated rings. The molecule has 1 amide bonds. The van der Waals surface area contributed by atoms with Gasteiger partial charge in [0.2, 0.25) is 6.79 Å². The highest BCUT2D eigenvalue weighted by molar-refractivity contribution is 5.97. The zero-order valence-corrected chi connectivity index (χ0v) is 13.7. The first-order chi connectivity index (χ1) is 12.1. The van der Waals surface area contributed by atoms with Crippen LogP contribution in [0.4, 0.5) is 11.4 Å². The van der Waals surface area contributed by atoms with Crippen LogP contribution in [0.1, 0.15) is 23.7 Å². The van der Waals surface area contributed by atoms with Crippen LogP contribution in [0.25, 0.3) is 0 Å². The van der Waals surface area contributed by atoms with E-state index in [1.165, 1.54) is 0 Å². The molecule has 0 aromatic heterocycles. The minimum Gasteiger partial charge on any atom is -0.454 e. The summed E-state index contributed by atoms with van der Waals surface area (Å²) in [6.45, 7) is 1.92. The summed E-state index contributed by atoms with van der Waals surface area (Å²) in [6.07, 6.45) is -0.563. The standard InChI is InChI=1S/C18H18N2O5/c1-2-14(25-18(22)11-3-5-12(19)6-4-11)17(21)20-13-7-8-15-16(9-13)24-10-23-15/h3-9,14H,2,10,19H2,1H3,(H,20,21). The Kier molecular flexibility index (Phi) is 4.74. The van der Waals surface area contributed by atoms with Gasteiger partial charge in [0.25, 0.3) is 5.91 Å². The predicted molar refractivity (Wildman–Crippen MR) is 91.5 cm³/mol. The van der Waals surface area contributed by atoms with Gasteiger partial charge in [-0.1, -0.05) is 6.92 Å². The van der Waals surface area contributed by atoms with E-state index in [1.807, 2.05) is 0 Å². The van der Waals surface area contributed by atoms with Gasteiger partial charge in [0.1, 0.15) is 0 Å². The molecule has 0 radical (unpaired) electrons. The lowest BCUT2D eigenvalue weighted by atomic mass is 10.2. The summed E-state index contributed by atoms with van der Waals surface area (Å²) in [5, 5.41) is 2.72. The lowest BCUT2D eigenvalue weighted by Gasteiger charge is -2.16. The number of nitrogens with one attached hydrogen (secondary N) is 1. The number of hydrogen-bond acceptors (Lipinski definition) is 6. The van der Waals surface area contributed by atoms with Gasteiger partial charge in [0.15, 0.2) is 17.6 Å². The fraction of sp³-hybridized carbons (Fsp3) is 0.222. The second-order valence-corrected chi connectivity index (χ2v) is 5.48. The van der Waals surface area contributed by atoms with Crippen molar-refractivity contribution in [2.24, 2.45) is 0 Å². The summed E-state index contributed by atoms with van der Waals surface area (Å²) >= 11 is 0. The molecule has 1 aliphatic rings. The van der Waals surface area contributed by atoms with Gasteiger partial charge in [-0.3, -0.25) is 4.79 Å². The van der Waals surface area contributed by atoms with Gasteiger partial charge in [-0.05, 0) is 42.8 Å². The van der Waals surface area contributed by atoms with E-state index in [0.717, 1.165) is 0 Å². The van der Waals surface area contributed by atoms with Crippen molar-refractivity contribution < 1.29 is 23.8 Å². The summed E-state index contributed by atoms with van der Waals surface area (Å²) in [6, 6.07) is 11.4. The summed E-state index contributed by atoms with van der Waals surface area (Å²) in [5.41, 5.74) is 7.01. The fourth-order valence-electron chi connectivity index (χ4n) is 2.34. The number of esters is 1. The van der Waals surface area contributed by atoms with Gasteiger partial charge in [-0.15, -0.1) is 0 Å². The average Bonchev–Trinajstić information content (AvgIpc) is 3.07. The predicted octanol–water partition coefficient (Wildman–Crippen LogP) is 2.57. The fourth-order valence-corrected chi connectivity index (χ4v) is 2.34. The lowest BCUT2D eigenvalue weighted by Crippen LogP contribution is -2.32. The summed E-state index contributed by atoms with van der Waals surface area (Å²) < 4.78 is 15.8. The van der Waals surface area contributed by atoms with Gasteiger partial charge in [-0.25, -0.2) is 4.79 Å². The van der Waals surface area contributed by atoms with Crippen LogP contribution in [0.2, 0.25) is 0 Å². The van der Waals surface area contributed by atoms with Crippen molar-refractivity contribution >= 4 is 23.3 Å². The molecule has 1 unspecified atom stereocenters. The maximum atomic E-state index is 12.4. The molecule has 130 valence electrons. The molecule has 0 saturated heterocycles. The van der Waals surface area contributed by atoms with Crippen LogP contribution in [0.15, 0.2) is 42.5 Å². The van der Waals surface area contributed by atoms with E-state index in [4.69, 9.17) is 19.9 Å². The van der Waals surface area contributed by atoms with Crippen molar-refractivity contribution in [3.8, 4) is 11.5 Å². The third kappa shape index (κ3) is 3.82. The Hall–Kier alpha value is -3.22. The topological polar surface area (TPSA) is 99.9 Å². The molecule has 0 spiro atoms. The van der Waals surface area contributed by atoms with Gasteiger partial charge < -0.3 is 25.3 Å². The molecule has 3 N–H and O–H groups in total. The highest BCUT2D eigenvalue weighted by Gasteiger charge is 2.23. The van der Waals surface area contributed by atoms with E-state index in [0.29, 0.717) is 34.9 Å². The second kappa shape index (κ2) is 7.12. The molecular formula is C18H18N2O5. The zero-order valence-electron chi connectivity index (χ0n) is 13.7. The summed E-state index contributed by atoms with van der Waals surface area (Å²) in [4.78, 5) is 24.5. The summed E-state index contributed by atoms with van der Waals surface area (Å²) in [7, 11) is 0. The van der Waals surface area contributed by atoms with E-state index < -0.39 is 18.0 Å². The minimum atomic E-state index is -0.907. The molecule has 2 aromatic carbocycles. The van der Waals surface area contributed by atoms with Crippen molar-refractivity contribution in [2.45, 2.75) is 19.4 Å². The molecule has 7 heteroatoms. The Bertz CT molecular complexity index is 789. The molecule has 7 nitrogen and oxygen atoms in total. The highest BCUT2D eigenvalue weighted by atomic mass is 16.7. The Morgan fingerprint density at radius 1 is 1.16 bits per heavy atom. The van der Waals surface area contributed by atoms with Crippen LogP contribution in [0.5, 0.6) is 11.5 Å². The monoisotopic (exact) mass is 342 g/mol. The number of fused-ring (bicyclic) bond motifs is 1. The third-order valence-corrected chi connectivity index (χ3v) is 3.70. The molecular weight excluding hydrogens is 324 g/mol. The van der Waals surface area contributed by atoms with Gasteiger partial charge in [-0.2, -0.15) is 0 Å². The Morgan fingerprint density at radius 2 is 1.88 bits per heavy atom. The number of hydrogen-bond donors (Lipinski definition) is 2. The van der Waals surface area contributed by atoms with Crippen LogP contribution in [0, 0.1) is 0 Å². The van der Waals surface area contributed by atoms with Crippen molar-refractivity contribution in [1.82, 2.24) is 0 Å². The minimum absolute atomic E-state index is 0.156. The number of anilines is 2. The average molecular weight is 342 g/mol. The number of carbonyl (C=O) groups is 2. The molecule has 0 bridgehead atoms. The largest absolute Gasteiger partial charge is 0.454 e. The van der Waals surface area contributed by atoms with Crippen molar-refractivity contribution in [2.75, 3.05) is 17.8 Å². The Balaban J connectivity index is 1.64. The SMILES string of the molecule is CCC(OC(=O)c1ccc(N)cc1)C(=O)Nc1ccc2c(c1)OCO2. The van der Waals surface area contributed by atoms with Crippen molar-refractivity contribution in [3.63, 3.8) is 0 Å². The second-order valence-electron chi connectivity index (χ2n) is 5.48. The van der Waals surface area contributed by atoms with Gasteiger partial charge in [0, 0.05) is 17.4 Å². The molecule has 3 rings (SSSR count). The normalized spacial score (nSPS) is 13.2. The van der Waals surface area contributed by atoms with Crippen LogP contribution >= 0.6 is 0 Å². The first-order valence-corrected chi connectivity index (χ1v) is 7.84. The lowest BCUT2D eigenvalue weighted by molar-refractivity contribution is -0.124. The Labute approximate surface area is 144 Å². The van der Waals surface area contributed by atoms with Gasteiger partial charge >= 0.3 is 5.97 Å². The zero-order chi connectivity index (χ0) is 17.8. The number of ether oxygens (including phenoxy) is 3. The quantitative estimate of drug-likeness (QED) is 0.640. The smallest absolute Gasteiger partial charge is 0.338 e. The first-order valence-electron chi connectivity index (χ1n) is 7.84. The van der Waals surface area contributed by atoms with E-state index in [2.05, 4.69) is 5.32 Å². The molecule has 25 heavy (non-hydrogen) atoms. The Morgan fingerprint density at radius 3 is 2.60 bits per heavy atom. The van der Waals surface area contributed by atoms with Gasteiger partial charge in [0.05, 0.1) is 5.56 Å². The molecule has 0 saturated carbocycles. The molecule has 1 heterocycles.